The minimum Gasteiger partial charge on any atom is -0.454 e. The third-order valence-corrected chi connectivity index (χ3v) is 6.13. The average Bonchev–Trinajstić information content (AvgIpc) is 3.49. The number of thioether (sulfide) groups is 1. The highest BCUT2D eigenvalue weighted by atomic mass is 32.2. The smallest absolute Gasteiger partial charge is 0.314 e. The monoisotopic (exact) mass is 436 g/mol. The van der Waals surface area contributed by atoms with E-state index in [1.807, 2.05) is 37.3 Å². The number of hydrogen-bond donors (Lipinski definition) is 2. The number of ether oxygens (including phenoxy) is 2. The Hall–Kier alpha value is -3.46. The lowest BCUT2D eigenvalue weighted by Gasteiger charge is -2.11. The fraction of sp³-hybridized carbons (Fsp3) is 0.227. The summed E-state index contributed by atoms with van der Waals surface area (Å²) in [5.41, 5.74) is 4.67. The van der Waals surface area contributed by atoms with Crippen LogP contribution in [0.1, 0.15) is 22.4 Å². The van der Waals surface area contributed by atoms with Crippen LogP contribution in [0, 0.1) is 6.92 Å². The highest BCUT2D eigenvalue weighted by molar-refractivity contribution is 7.98. The molecule has 2 aromatic carbocycles. The molecule has 158 valence electrons. The lowest BCUT2D eigenvalue weighted by molar-refractivity contribution is -0.136. The first-order chi connectivity index (χ1) is 15.1. The maximum atomic E-state index is 12.6. The maximum Gasteiger partial charge on any atom is 0.314 e. The number of aryl methyl sites for hydroxylation is 1. The van der Waals surface area contributed by atoms with Crippen LogP contribution in [0.4, 0.5) is 5.82 Å². The largest absolute Gasteiger partial charge is 0.454 e. The van der Waals surface area contributed by atoms with Gasteiger partial charge in [-0.2, -0.15) is 16.9 Å². The van der Waals surface area contributed by atoms with Gasteiger partial charge in [0.05, 0.1) is 11.4 Å². The molecule has 0 unspecified atom stereocenters. The lowest BCUT2D eigenvalue weighted by atomic mass is 10.2. The number of anilines is 1. The van der Waals surface area contributed by atoms with Crippen molar-refractivity contribution in [1.82, 2.24) is 15.1 Å². The number of fused-ring (bicyclic) bond motifs is 2. The van der Waals surface area contributed by atoms with Crippen molar-refractivity contribution < 1.29 is 19.1 Å². The summed E-state index contributed by atoms with van der Waals surface area (Å²) in [7, 11) is 0. The van der Waals surface area contributed by atoms with Crippen LogP contribution in [0.5, 0.6) is 11.5 Å². The molecule has 0 saturated heterocycles. The molecule has 5 rings (SSSR count). The minimum absolute atomic E-state index is 0.185. The number of nitrogens with one attached hydrogen (secondary N) is 2. The van der Waals surface area contributed by atoms with Gasteiger partial charge in [0.25, 0.3) is 0 Å². The summed E-state index contributed by atoms with van der Waals surface area (Å²) in [4.78, 5) is 25.1. The second-order valence-electron chi connectivity index (χ2n) is 7.34. The first-order valence-electron chi connectivity index (χ1n) is 9.82. The molecule has 2 aliphatic rings. The van der Waals surface area contributed by atoms with Crippen molar-refractivity contribution in [3.63, 3.8) is 0 Å². The van der Waals surface area contributed by atoms with E-state index in [0.717, 1.165) is 39.6 Å². The van der Waals surface area contributed by atoms with Gasteiger partial charge < -0.3 is 20.1 Å². The number of amides is 2. The predicted octanol–water partition coefficient (Wildman–Crippen LogP) is 2.91. The summed E-state index contributed by atoms with van der Waals surface area (Å²) in [5, 5.41) is 10.1. The normalized spacial score (nSPS) is 13.7. The van der Waals surface area contributed by atoms with Gasteiger partial charge in [-0.25, -0.2) is 4.68 Å². The molecular weight excluding hydrogens is 416 g/mol. The second-order valence-corrected chi connectivity index (χ2v) is 8.32. The third kappa shape index (κ3) is 3.84. The average molecular weight is 436 g/mol. The summed E-state index contributed by atoms with van der Waals surface area (Å²) in [6.07, 6.45) is 0. The van der Waals surface area contributed by atoms with E-state index < -0.39 is 11.8 Å². The number of benzene rings is 2. The minimum atomic E-state index is -0.728. The van der Waals surface area contributed by atoms with E-state index in [1.54, 1.807) is 28.6 Å². The number of hydrogen-bond acceptors (Lipinski definition) is 6. The Bertz CT molecular complexity index is 1170. The highest BCUT2D eigenvalue weighted by Gasteiger charge is 2.26. The zero-order valence-corrected chi connectivity index (χ0v) is 17.6. The van der Waals surface area contributed by atoms with E-state index in [9.17, 15) is 9.59 Å². The van der Waals surface area contributed by atoms with Gasteiger partial charge in [0.2, 0.25) is 6.79 Å². The standard InChI is InChI=1S/C22H20N4O4S/c1-13-2-5-15(6-3-13)26-20(16-10-31-11-17(16)25-26)24-22(28)21(27)23-9-14-4-7-18-19(8-14)30-12-29-18/h2-8H,9-12H2,1H3,(H,23,27)(H,24,28). The molecule has 0 atom stereocenters. The fourth-order valence-corrected chi connectivity index (χ4v) is 4.53. The Kier molecular flexibility index (Phi) is 5.03. The van der Waals surface area contributed by atoms with Gasteiger partial charge in [-0.15, -0.1) is 0 Å². The van der Waals surface area contributed by atoms with Gasteiger partial charge >= 0.3 is 11.8 Å². The second kappa shape index (κ2) is 7.99. The zero-order chi connectivity index (χ0) is 21.4. The molecule has 0 bridgehead atoms. The summed E-state index contributed by atoms with van der Waals surface area (Å²) in [6.45, 7) is 2.40. The lowest BCUT2D eigenvalue weighted by Crippen LogP contribution is -2.35. The van der Waals surface area contributed by atoms with Crippen LogP contribution in [0.15, 0.2) is 42.5 Å². The Morgan fingerprint density at radius 3 is 2.71 bits per heavy atom. The van der Waals surface area contributed by atoms with Gasteiger partial charge in [0.1, 0.15) is 5.82 Å². The molecule has 2 N–H and O–H groups in total. The van der Waals surface area contributed by atoms with E-state index >= 15 is 0 Å². The molecule has 31 heavy (non-hydrogen) atoms. The van der Waals surface area contributed by atoms with Crippen molar-refractivity contribution in [1.29, 1.82) is 0 Å². The third-order valence-electron chi connectivity index (χ3n) is 5.16. The van der Waals surface area contributed by atoms with Crippen LogP contribution in [-0.4, -0.2) is 28.4 Å². The summed E-state index contributed by atoms with van der Waals surface area (Å²) in [5.74, 6) is 1.94. The molecule has 0 spiro atoms. The molecule has 0 aliphatic carbocycles. The molecule has 0 fully saturated rings. The molecule has 9 heteroatoms. The zero-order valence-electron chi connectivity index (χ0n) is 16.8. The van der Waals surface area contributed by atoms with Crippen LogP contribution >= 0.6 is 11.8 Å². The number of rotatable bonds is 4. The SMILES string of the molecule is Cc1ccc(-n2nc3c(c2NC(=O)C(=O)NCc2ccc4c(c2)OCO4)CSC3)cc1. The van der Waals surface area contributed by atoms with Crippen LogP contribution < -0.4 is 20.1 Å². The summed E-state index contributed by atoms with van der Waals surface area (Å²) in [6, 6.07) is 13.3. The van der Waals surface area contributed by atoms with Gasteiger partial charge in [-0.05, 0) is 36.8 Å². The van der Waals surface area contributed by atoms with E-state index in [1.165, 1.54) is 0 Å². The quantitative estimate of drug-likeness (QED) is 0.611. The topological polar surface area (TPSA) is 94.5 Å². The number of nitrogens with zero attached hydrogens (tertiary/aromatic N) is 2. The van der Waals surface area contributed by atoms with Crippen molar-refractivity contribution in [3.05, 3.63) is 64.8 Å². The number of carbonyl (C=O) groups excluding carboxylic acids is 2. The first-order valence-corrected chi connectivity index (χ1v) is 11.0. The molecule has 3 heterocycles. The fourth-order valence-electron chi connectivity index (χ4n) is 3.49. The van der Waals surface area contributed by atoms with Crippen LogP contribution in [0.25, 0.3) is 5.69 Å². The van der Waals surface area contributed by atoms with Gasteiger partial charge in [-0.1, -0.05) is 23.8 Å². The van der Waals surface area contributed by atoms with Crippen molar-refractivity contribution in [2.75, 3.05) is 12.1 Å². The van der Waals surface area contributed by atoms with Gasteiger partial charge in [0.15, 0.2) is 11.5 Å². The highest BCUT2D eigenvalue weighted by Crippen LogP contribution is 2.36. The predicted molar refractivity (Wildman–Crippen MR) is 116 cm³/mol. The van der Waals surface area contributed by atoms with E-state index in [-0.39, 0.29) is 13.3 Å². The molecule has 1 aromatic heterocycles. The Morgan fingerprint density at radius 1 is 1.06 bits per heavy atom. The molecular formula is C22H20N4O4S. The molecule has 0 radical (unpaired) electrons. The van der Waals surface area contributed by atoms with Crippen LogP contribution in [-0.2, 0) is 27.6 Å². The Morgan fingerprint density at radius 2 is 1.87 bits per heavy atom. The molecule has 2 aliphatic heterocycles. The van der Waals surface area contributed by atoms with Crippen molar-refractivity contribution in [2.45, 2.75) is 25.0 Å². The van der Waals surface area contributed by atoms with E-state index in [4.69, 9.17) is 9.47 Å². The molecule has 8 nitrogen and oxygen atoms in total. The Balaban J connectivity index is 1.30. The van der Waals surface area contributed by atoms with Crippen LogP contribution in [0.2, 0.25) is 0 Å². The molecule has 2 amide bonds. The summed E-state index contributed by atoms with van der Waals surface area (Å²) >= 11 is 1.73. The number of carbonyl (C=O) groups is 2. The van der Waals surface area contributed by atoms with Crippen molar-refractivity contribution >= 4 is 29.4 Å². The summed E-state index contributed by atoms with van der Waals surface area (Å²) < 4.78 is 12.3. The molecule has 3 aromatic rings. The van der Waals surface area contributed by atoms with Gasteiger partial charge in [-0.3, -0.25) is 9.59 Å². The molecule has 0 saturated carbocycles. The van der Waals surface area contributed by atoms with Crippen LogP contribution in [0.3, 0.4) is 0 Å². The van der Waals surface area contributed by atoms with Crippen molar-refractivity contribution in [3.8, 4) is 17.2 Å². The van der Waals surface area contributed by atoms with E-state index in [0.29, 0.717) is 17.3 Å². The number of aromatic nitrogens is 2. The first kappa shape index (κ1) is 19.5. The van der Waals surface area contributed by atoms with Crippen molar-refractivity contribution in [2.24, 2.45) is 0 Å². The van der Waals surface area contributed by atoms with Gasteiger partial charge in [0, 0.05) is 23.6 Å². The Labute approximate surface area is 182 Å². The van der Waals surface area contributed by atoms with E-state index in [2.05, 4.69) is 15.7 Å². The maximum absolute atomic E-state index is 12.6.